The van der Waals surface area contributed by atoms with Crippen LogP contribution in [0.5, 0.6) is 0 Å². The van der Waals surface area contributed by atoms with Crippen molar-refractivity contribution in [3.8, 4) is 0 Å². The van der Waals surface area contributed by atoms with E-state index in [9.17, 15) is 14.3 Å². The van der Waals surface area contributed by atoms with Gasteiger partial charge in [0.2, 0.25) is 0 Å². The molecule has 5 heteroatoms. The molecule has 0 saturated carbocycles. The number of halogens is 1. The number of nitrogens with zero attached hydrogens (tertiary/aromatic N) is 2. The summed E-state index contributed by atoms with van der Waals surface area (Å²) in [6.45, 7) is 2.16. The van der Waals surface area contributed by atoms with Crippen molar-refractivity contribution in [1.29, 1.82) is 0 Å². The number of carbonyl (C=O) groups excluding carboxylic acids is 1. The first kappa shape index (κ1) is 16.5. The van der Waals surface area contributed by atoms with E-state index in [4.69, 9.17) is 0 Å². The van der Waals surface area contributed by atoms with Crippen LogP contribution in [0.15, 0.2) is 48.5 Å². The molecule has 0 atom stereocenters. The molecule has 0 aromatic heterocycles. The fourth-order valence-corrected chi connectivity index (χ4v) is 3.06. The minimum atomic E-state index is -0.372. The van der Waals surface area contributed by atoms with Gasteiger partial charge in [0.25, 0.3) is 5.91 Å². The van der Waals surface area contributed by atoms with Crippen molar-refractivity contribution in [1.82, 2.24) is 4.90 Å². The molecule has 24 heavy (non-hydrogen) atoms. The monoisotopic (exact) mass is 328 g/mol. The number of hydrogen-bond acceptors (Lipinski definition) is 3. The summed E-state index contributed by atoms with van der Waals surface area (Å²) in [6, 6.07) is 14.3. The summed E-state index contributed by atoms with van der Waals surface area (Å²) in [5.41, 5.74) is 1.48. The van der Waals surface area contributed by atoms with Crippen molar-refractivity contribution in [2.45, 2.75) is 13.0 Å². The summed E-state index contributed by atoms with van der Waals surface area (Å²) in [7, 11) is 0. The lowest BCUT2D eigenvalue weighted by Gasteiger charge is -2.24. The van der Waals surface area contributed by atoms with Gasteiger partial charge < -0.3 is 14.9 Å². The van der Waals surface area contributed by atoms with Crippen molar-refractivity contribution >= 4 is 11.6 Å². The summed E-state index contributed by atoms with van der Waals surface area (Å²) in [4.78, 5) is 16.3. The molecule has 3 rings (SSSR count). The Morgan fingerprint density at radius 2 is 1.79 bits per heavy atom. The van der Waals surface area contributed by atoms with E-state index < -0.39 is 0 Å². The van der Waals surface area contributed by atoms with Gasteiger partial charge in [-0.3, -0.25) is 4.79 Å². The lowest BCUT2D eigenvalue weighted by atomic mass is 10.1. The van der Waals surface area contributed by atoms with Crippen LogP contribution < -0.4 is 4.90 Å². The molecular weight excluding hydrogens is 307 g/mol. The molecular formula is C19H21FN2O2. The number of benzene rings is 2. The zero-order chi connectivity index (χ0) is 16.9. The molecule has 0 aliphatic carbocycles. The molecule has 2 aromatic rings. The Morgan fingerprint density at radius 1 is 1.00 bits per heavy atom. The summed E-state index contributed by atoms with van der Waals surface area (Å²) >= 11 is 0. The first-order valence-corrected chi connectivity index (χ1v) is 8.18. The van der Waals surface area contributed by atoms with Crippen LogP contribution >= 0.6 is 0 Å². The molecule has 0 unspecified atom stereocenters. The highest BCUT2D eigenvalue weighted by Gasteiger charge is 2.22. The Kier molecular flexibility index (Phi) is 5.11. The van der Waals surface area contributed by atoms with E-state index >= 15 is 0 Å². The minimum Gasteiger partial charge on any atom is -0.392 e. The third kappa shape index (κ3) is 3.41. The number of aliphatic hydroxyl groups is 1. The summed E-state index contributed by atoms with van der Waals surface area (Å²) in [5.74, 6) is -0.357. The summed E-state index contributed by atoms with van der Waals surface area (Å²) < 4.78 is 14.4. The predicted molar refractivity (Wildman–Crippen MR) is 91.5 cm³/mol. The first-order chi connectivity index (χ1) is 11.7. The number of rotatable bonds is 3. The van der Waals surface area contributed by atoms with Gasteiger partial charge in [0, 0.05) is 37.3 Å². The predicted octanol–water partition coefficient (Wildman–Crippen LogP) is 2.67. The zero-order valence-electron chi connectivity index (χ0n) is 13.5. The van der Waals surface area contributed by atoms with Crippen LogP contribution in [0, 0.1) is 5.82 Å². The van der Waals surface area contributed by atoms with Gasteiger partial charge in [-0.25, -0.2) is 4.39 Å². The number of aliphatic hydroxyl groups excluding tert-OH is 1. The van der Waals surface area contributed by atoms with Crippen molar-refractivity contribution in [2.24, 2.45) is 0 Å². The highest BCUT2D eigenvalue weighted by Crippen LogP contribution is 2.24. The Balaban J connectivity index is 1.73. The fourth-order valence-electron chi connectivity index (χ4n) is 3.06. The molecule has 1 aliphatic rings. The number of carbonyl (C=O) groups is 1. The van der Waals surface area contributed by atoms with E-state index in [1.54, 1.807) is 18.2 Å². The lowest BCUT2D eigenvalue weighted by Crippen LogP contribution is -2.35. The van der Waals surface area contributed by atoms with Crippen LogP contribution in [0.2, 0.25) is 0 Å². The lowest BCUT2D eigenvalue weighted by molar-refractivity contribution is 0.0767. The second kappa shape index (κ2) is 7.45. The topological polar surface area (TPSA) is 43.8 Å². The van der Waals surface area contributed by atoms with Crippen LogP contribution in [0.3, 0.4) is 0 Å². The molecule has 1 aliphatic heterocycles. The third-order valence-electron chi connectivity index (χ3n) is 4.37. The van der Waals surface area contributed by atoms with Crippen LogP contribution in [0.4, 0.5) is 10.1 Å². The van der Waals surface area contributed by atoms with E-state index in [0.717, 1.165) is 6.42 Å². The van der Waals surface area contributed by atoms with E-state index in [-0.39, 0.29) is 18.3 Å². The second-order valence-corrected chi connectivity index (χ2v) is 5.91. The highest BCUT2D eigenvalue weighted by atomic mass is 19.1. The van der Waals surface area contributed by atoms with Gasteiger partial charge in [0.1, 0.15) is 0 Å². The molecule has 4 nitrogen and oxygen atoms in total. The number of anilines is 1. The third-order valence-corrected chi connectivity index (χ3v) is 4.37. The summed E-state index contributed by atoms with van der Waals surface area (Å²) in [6.07, 6.45) is 0.779. The van der Waals surface area contributed by atoms with Crippen molar-refractivity contribution in [3.63, 3.8) is 0 Å². The molecule has 0 spiro atoms. The maximum atomic E-state index is 14.4. The van der Waals surface area contributed by atoms with E-state index in [2.05, 4.69) is 0 Å². The molecule has 0 radical (unpaired) electrons. The van der Waals surface area contributed by atoms with Crippen molar-refractivity contribution in [3.05, 3.63) is 65.5 Å². The van der Waals surface area contributed by atoms with Crippen LogP contribution in [-0.4, -0.2) is 42.1 Å². The smallest absolute Gasteiger partial charge is 0.253 e. The van der Waals surface area contributed by atoms with Gasteiger partial charge >= 0.3 is 0 Å². The molecule has 1 fully saturated rings. The average molecular weight is 328 g/mol. The van der Waals surface area contributed by atoms with Crippen molar-refractivity contribution < 1.29 is 14.3 Å². The minimum absolute atomic E-state index is 0.0158. The first-order valence-electron chi connectivity index (χ1n) is 8.18. The van der Waals surface area contributed by atoms with Gasteiger partial charge in [-0.2, -0.15) is 0 Å². The molecule has 2 aromatic carbocycles. The molecule has 1 saturated heterocycles. The SMILES string of the molecule is O=C(c1ccccc1)N1CCCN(c2cccc(CO)c2F)CC1. The number of hydrogen-bond donors (Lipinski definition) is 1. The van der Waals surface area contributed by atoms with Gasteiger partial charge in [-0.15, -0.1) is 0 Å². The Bertz CT molecular complexity index is 706. The molecule has 1 N–H and O–H groups in total. The van der Waals surface area contributed by atoms with E-state index in [1.807, 2.05) is 40.1 Å². The Morgan fingerprint density at radius 3 is 2.54 bits per heavy atom. The second-order valence-electron chi connectivity index (χ2n) is 5.91. The maximum Gasteiger partial charge on any atom is 0.253 e. The van der Waals surface area contributed by atoms with Gasteiger partial charge in [-0.1, -0.05) is 30.3 Å². The van der Waals surface area contributed by atoms with Crippen LogP contribution in [0.25, 0.3) is 0 Å². The Labute approximate surface area is 141 Å². The van der Waals surface area contributed by atoms with Gasteiger partial charge in [0.15, 0.2) is 5.82 Å². The van der Waals surface area contributed by atoms with Crippen molar-refractivity contribution in [2.75, 3.05) is 31.1 Å². The van der Waals surface area contributed by atoms with E-state index in [0.29, 0.717) is 43.0 Å². The van der Waals surface area contributed by atoms with Gasteiger partial charge in [0.05, 0.1) is 12.3 Å². The fraction of sp³-hybridized carbons (Fsp3) is 0.316. The average Bonchev–Trinajstić information content (AvgIpc) is 2.88. The quantitative estimate of drug-likeness (QED) is 0.942. The molecule has 1 heterocycles. The molecule has 1 amide bonds. The van der Waals surface area contributed by atoms with Crippen LogP contribution in [0.1, 0.15) is 22.3 Å². The normalized spacial score (nSPS) is 15.2. The number of amides is 1. The summed E-state index contributed by atoms with van der Waals surface area (Å²) in [5, 5.41) is 9.23. The largest absolute Gasteiger partial charge is 0.392 e. The standard InChI is InChI=1S/C19H21FN2O2/c20-18-16(14-23)8-4-9-17(18)21-10-5-11-22(13-12-21)19(24)15-6-2-1-3-7-15/h1-4,6-9,23H,5,10-14H2. The highest BCUT2D eigenvalue weighted by molar-refractivity contribution is 5.94. The molecule has 126 valence electrons. The maximum absolute atomic E-state index is 14.4. The van der Waals surface area contributed by atoms with E-state index in [1.165, 1.54) is 0 Å². The van der Waals surface area contributed by atoms with Crippen LogP contribution in [-0.2, 0) is 6.61 Å². The van der Waals surface area contributed by atoms with Gasteiger partial charge in [-0.05, 0) is 24.6 Å². The Hall–Kier alpha value is -2.40. The molecule has 0 bridgehead atoms. The zero-order valence-corrected chi connectivity index (χ0v) is 13.5.